The molecule has 0 spiro atoms. The van der Waals surface area contributed by atoms with E-state index in [9.17, 15) is 4.39 Å². The lowest BCUT2D eigenvalue weighted by molar-refractivity contribution is 0.620. The molecule has 0 fully saturated rings. The van der Waals surface area contributed by atoms with Gasteiger partial charge in [-0.05, 0) is 49.9 Å². The smallest absolute Gasteiger partial charge is 0.142 e. The summed E-state index contributed by atoms with van der Waals surface area (Å²) in [6.07, 6.45) is 0.614. The number of halogens is 2. The van der Waals surface area contributed by atoms with Crippen molar-refractivity contribution >= 4 is 11.6 Å². The van der Waals surface area contributed by atoms with E-state index >= 15 is 0 Å². The highest BCUT2D eigenvalue weighted by molar-refractivity contribution is 6.31. The highest BCUT2D eigenvalue weighted by Gasteiger charge is 2.13. The van der Waals surface area contributed by atoms with E-state index in [1.807, 2.05) is 20.8 Å². The standard InChI is InChI=1S/C11H15ClFN/c1-6-4-10(13)11(12)9(8(6)3)5-7(2)14/h4,7H,5,14H2,1-3H3. The van der Waals surface area contributed by atoms with Gasteiger partial charge in [0.2, 0.25) is 0 Å². The first kappa shape index (κ1) is 11.5. The molecule has 1 aromatic rings. The lowest BCUT2D eigenvalue weighted by Gasteiger charge is -2.13. The Morgan fingerprint density at radius 3 is 2.57 bits per heavy atom. The first-order valence-corrected chi connectivity index (χ1v) is 5.01. The van der Waals surface area contributed by atoms with Crippen LogP contribution in [0.2, 0.25) is 5.02 Å². The Labute approximate surface area is 89.1 Å². The molecule has 1 nitrogen and oxygen atoms in total. The second-order valence-corrected chi connectivity index (χ2v) is 4.15. The van der Waals surface area contributed by atoms with E-state index in [0.717, 1.165) is 16.7 Å². The van der Waals surface area contributed by atoms with Crippen molar-refractivity contribution in [3.05, 3.63) is 33.6 Å². The van der Waals surface area contributed by atoms with Crippen LogP contribution in [0.3, 0.4) is 0 Å². The minimum atomic E-state index is -0.356. The van der Waals surface area contributed by atoms with Gasteiger partial charge in [-0.2, -0.15) is 0 Å². The van der Waals surface area contributed by atoms with Crippen molar-refractivity contribution in [3.8, 4) is 0 Å². The minimum absolute atomic E-state index is 0.00704. The molecule has 1 rings (SSSR count). The lowest BCUT2D eigenvalue weighted by atomic mass is 9.98. The summed E-state index contributed by atoms with van der Waals surface area (Å²) >= 11 is 5.88. The average molecular weight is 216 g/mol. The van der Waals surface area contributed by atoms with Gasteiger partial charge in [-0.1, -0.05) is 11.6 Å². The Morgan fingerprint density at radius 2 is 2.07 bits per heavy atom. The summed E-state index contributed by atoms with van der Waals surface area (Å²) in [5.74, 6) is -0.356. The second-order valence-electron chi connectivity index (χ2n) is 3.77. The van der Waals surface area contributed by atoms with Gasteiger partial charge >= 0.3 is 0 Å². The number of aryl methyl sites for hydroxylation is 1. The Balaban J connectivity index is 3.25. The van der Waals surface area contributed by atoms with Crippen LogP contribution in [-0.4, -0.2) is 6.04 Å². The maximum atomic E-state index is 13.3. The summed E-state index contributed by atoms with van der Waals surface area (Å²) in [7, 11) is 0. The fourth-order valence-electron chi connectivity index (χ4n) is 1.47. The molecule has 0 heterocycles. The van der Waals surface area contributed by atoms with E-state index in [2.05, 4.69) is 0 Å². The Bertz CT molecular complexity index is 321. The van der Waals surface area contributed by atoms with Crippen LogP contribution >= 0.6 is 11.6 Å². The molecule has 0 radical (unpaired) electrons. The van der Waals surface area contributed by atoms with Crippen molar-refractivity contribution < 1.29 is 4.39 Å². The first-order valence-electron chi connectivity index (χ1n) is 4.63. The van der Waals surface area contributed by atoms with Crippen molar-refractivity contribution in [2.45, 2.75) is 33.2 Å². The van der Waals surface area contributed by atoms with E-state index in [0.29, 0.717) is 6.42 Å². The average Bonchev–Trinajstić information content (AvgIpc) is 2.09. The SMILES string of the molecule is Cc1cc(F)c(Cl)c(CC(C)N)c1C. The number of hydrogen-bond acceptors (Lipinski definition) is 1. The van der Waals surface area contributed by atoms with Gasteiger partial charge < -0.3 is 5.73 Å². The van der Waals surface area contributed by atoms with Gasteiger partial charge in [0.1, 0.15) is 5.82 Å². The van der Waals surface area contributed by atoms with Gasteiger partial charge in [-0.25, -0.2) is 4.39 Å². The maximum absolute atomic E-state index is 13.3. The van der Waals surface area contributed by atoms with Crippen LogP contribution in [0.25, 0.3) is 0 Å². The third-order valence-electron chi connectivity index (χ3n) is 2.39. The van der Waals surface area contributed by atoms with Gasteiger partial charge in [-0.15, -0.1) is 0 Å². The van der Waals surface area contributed by atoms with Gasteiger partial charge in [0.25, 0.3) is 0 Å². The molecule has 0 amide bonds. The van der Waals surface area contributed by atoms with Crippen LogP contribution in [0.1, 0.15) is 23.6 Å². The molecule has 0 saturated heterocycles. The van der Waals surface area contributed by atoms with E-state index in [1.165, 1.54) is 6.07 Å². The second kappa shape index (κ2) is 4.28. The molecule has 2 N–H and O–H groups in total. The predicted molar refractivity (Wildman–Crippen MR) is 58.2 cm³/mol. The number of nitrogens with two attached hydrogens (primary N) is 1. The minimum Gasteiger partial charge on any atom is -0.328 e. The summed E-state index contributed by atoms with van der Waals surface area (Å²) in [4.78, 5) is 0. The molecule has 0 aromatic heterocycles. The van der Waals surface area contributed by atoms with E-state index < -0.39 is 0 Å². The van der Waals surface area contributed by atoms with E-state index in [1.54, 1.807) is 0 Å². The fraction of sp³-hybridized carbons (Fsp3) is 0.455. The Hall–Kier alpha value is -0.600. The van der Waals surface area contributed by atoms with Crippen LogP contribution < -0.4 is 5.73 Å². The molecular formula is C11H15ClFN. The third-order valence-corrected chi connectivity index (χ3v) is 2.80. The summed E-state index contributed by atoms with van der Waals surface area (Å²) < 4.78 is 13.3. The first-order chi connectivity index (χ1) is 6.43. The molecule has 0 bridgehead atoms. The Kier molecular flexibility index (Phi) is 3.51. The molecule has 78 valence electrons. The monoisotopic (exact) mass is 215 g/mol. The van der Waals surface area contributed by atoms with Crippen LogP contribution in [0.15, 0.2) is 6.07 Å². The zero-order valence-electron chi connectivity index (χ0n) is 8.70. The molecule has 1 unspecified atom stereocenters. The maximum Gasteiger partial charge on any atom is 0.142 e. The normalized spacial score (nSPS) is 13.0. The van der Waals surface area contributed by atoms with Gasteiger partial charge in [0.15, 0.2) is 0 Å². The molecule has 0 aliphatic rings. The molecule has 0 saturated carbocycles. The van der Waals surface area contributed by atoms with Crippen molar-refractivity contribution in [1.82, 2.24) is 0 Å². The molecule has 14 heavy (non-hydrogen) atoms. The van der Waals surface area contributed by atoms with Crippen LogP contribution in [-0.2, 0) is 6.42 Å². The predicted octanol–water partition coefficient (Wildman–Crippen LogP) is 2.99. The molecule has 0 aliphatic carbocycles. The van der Waals surface area contributed by atoms with Gasteiger partial charge in [0, 0.05) is 6.04 Å². The molecular weight excluding hydrogens is 201 g/mol. The lowest BCUT2D eigenvalue weighted by Crippen LogP contribution is -2.19. The Morgan fingerprint density at radius 1 is 1.50 bits per heavy atom. The van der Waals surface area contributed by atoms with Crippen molar-refractivity contribution in [3.63, 3.8) is 0 Å². The van der Waals surface area contributed by atoms with Crippen molar-refractivity contribution in [2.75, 3.05) is 0 Å². The zero-order chi connectivity index (χ0) is 10.9. The summed E-state index contributed by atoms with van der Waals surface area (Å²) in [6.45, 7) is 5.70. The van der Waals surface area contributed by atoms with Gasteiger partial charge in [-0.3, -0.25) is 0 Å². The van der Waals surface area contributed by atoms with Crippen LogP contribution in [0.5, 0.6) is 0 Å². The fourth-order valence-corrected chi connectivity index (χ4v) is 1.75. The largest absolute Gasteiger partial charge is 0.328 e. The number of benzene rings is 1. The van der Waals surface area contributed by atoms with Gasteiger partial charge in [0.05, 0.1) is 5.02 Å². The number of rotatable bonds is 2. The van der Waals surface area contributed by atoms with E-state index in [4.69, 9.17) is 17.3 Å². The molecule has 1 aromatic carbocycles. The zero-order valence-corrected chi connectivity index (χ0v) is 9.45. The highest BCUT2D eigenvalue weighted by atomic mass is 35.5. The topological polar surface area (TPSA) is 26.0 Å². The summed E-state index contributed by atoms with van der Waals surface area (Å²) in [6, 6.07) is 1.45. The van der Waals surface area contributed by atoms with Crippen LogP contribution in [0.4, 0.5) is 4.39 Å². The summed E-state index contributed by atoms with van der Waals surface area (Å²) in [5, 5.41) is 0.213. The number of hydrogen-bond donors (Lipinski definition) is 1. The summed E-state index contributed by atoms with van der Waals surface area (Å²) in [5.41, 5.74) is 8.47. The van der Waals surface area contributed by atoms with E-state index in [-0.39, 0.29) is 16.9 Å². The van der Waals surface area contributed by atoms with Crippen molar-refractivity contribution in [1.29, 1.82) is 0 Å². The van der Waals surface area contributed by atoms with Crippen molar-refractivity contribution in [2.24, 2.45) is 5.73 Å². The molecule has 0 aliphatic heterocycles. The third kappa shape index (κ3) is 2.25. The molecule has 1 atom stereocenters. The quantitative estimate of drug-likeness (QED) is 0.807. The highest BCUT2D eigenvalue weighted by Crippen LogP contribution is 2.26. The van der Waals surface area contributed by atoms with Crippen LogP contribution in [0, 0.1) is 19.7 Å². The molecule has 3 heteroatoms.